The van der Waals surface area contributed by atoms with Gasteiger partial charge in [0.1, 0.15) is 12.4 Å². The number of nitrogen functional groups attached to an aromatic ring is 1. The molecule has 0 bridgehead atoms. The van der Waals surface area contributed by atoms with Gasteiger partial charge in [0.15, 0.2) is 17.2 Å². The highest BCUT2D eigenvalue weighted by atomic mass is 16.5. The minimum Gasteiger partial charge on any atom is -0.474 e. The number of nitrogens with two attached hydrogens (primary N) is 1. The van der Waals surface area contributed by atoms with Crippen LogP contribution in [-0.2, 0) is 9.59 Å². The van der Waals surface area contributed by atoms with Crippen molar-refractivity contribution in [1.82, 2.24) is 10.3 Å². The van der Waals surface area contributed by atoms with E-state index in [-0.39, 0.29) is 30.2 Å². The van der Waals surface area contributed by atoms with Crippen LogP contribution >= 0.6 is 0 Å². The number of fused-ring (bicyclic) bond motifs is 1. The van der Waals surface area contributed by atoms with Gasteiger partial charge in [0.05, 0.1) is 0 Å². The van der Waals surface area contributed by atoms with Crippen molar-refractivity contribution in [3.63, 3.8) is 0 Å². The lowest BCUT2D eigenvalue weighted by atomic mass is 9.95. The summed E-state index contributed by atoms with van der Waals surface area (Å²) in [6.07, 6.45) is 5.48. The maximum Gasteiger partial charge on any atom is 0.272 e. The van der Waals surface area contributed by atoms with Crippen LogP contribution < -0.4 is 20.7 Å². The van der Waals surface area contributed by atoms with Crippen molar-refractivity contribution in [2.75, 3.05) is 17.2 Å². The molecule has 1 aliphatic carbocycles. The van der Waals surface area contributed by atoms with Crippen molar-refractivity contribution in [1.29, 1.82) is 0 Å². The molecule has 1 aromatic rings. The van der Waals surface area contributed by atoms with Gasteiger partial charge in [0.25, 0.3) is 5.91 Å². The molecule has 2 heterocycles. The van der Waals surface area contributed by atoms with E-state index in [4.69, 9.17) is 10.5 Å². The molecule has 3 rings (SSSR count). The van der Waals surface area contributed by atoms with Crippen molar-refractivity contribution in [2.45, 2.75) is 57.6 Å². The van der Waals surface area contributed by atoms with E-state index in [1.165, 1.54) is 11.3 Å². The van der Waals surface area contributed by atoms with Gasteiger partial charge < -0.3 is 15.8 Å². The average Bonchev–Trinajstić information content (AvgIpc) is 2.53. The highest BCUT2D eigenvalue weighted by Gasteiger charge is 2.42. The molecule has 0 spiro atoms. The van der Waals surface area contributed by atoms with Crippen molar-refractivity contribution in [2.24, 2.45) is 0 Å². The summed E-state index contributed by atoms with van der Waals surface area (Å²) in [4.78, 5) is 30.7. The first-order valence-corrected chi connectivity index (χ1v) is 8.44. The molecule has 0 atom stereocenters. The summed E-state index contributed by atoms with van der Waals surface area (Å²) >= 11 is 0. The second-order valence-corrected chi connectivity index (χ2v) is 6.96. The summed E-state index contributed by atoms with van der Waals surface area (Å²) in [5.41, 5.74) is 4.69. The van der Waals surface area contributed by atoms with E-state index in [9.17, 15) is 9.59 Å². The predicted molar refractivity (Wildman–Crippen MR) is 90.7 cm³/mol. The lowest BCUT2D eigenvalue weighted by molar-refractivity contribution is -0.134. The molecule has 2 aliphatic rings. The molecular weight excluding hydrogens is 308 g/mol. The zero-order chi connectivity index (χ0) is 17.3. The Hall–Kier alpha value is -2.31. The van der Waals surface area contributed by atoms with Gasteiger partial charge in [-0.25, -0.2) is 4.98 Å². The number of hydrogen-bond donors (Lipinski definition) is 2. The zero-order valence-electron chi connectivity index (χ0n) is 14.2. The van der Waals surface area contributed by atoms with E-state index in [1.807, 2.05) is 0 Å². The third-order valence-corrected chi connectivity index (χ3v) is 4.51. The first-order chi connectivity index (χ1) is 11.4. The molecule has 1 aromatic heterocycles. The fourth-order valence-electron chi connectivity index (χ4n) is 3.27. The number of carbonyl (C=O) groups is 2. The van der Waals surface area contributed by atoms with Gasteiger partial charge in [0, 0.05) is 6.04 Å². The summed E-state index contributed by atoms with van der Waals surface area (Å²) in [6.45, 7) is 3.28. The van der Waals surface area contributed by atoms with E-state index in [1.54, 1.807) is 26.0 Å². The zero-order valence-corrected chi connectivity index (χ0v) is 14.2. The van der Waals surface area contributed by atoms with Crippen LogP contribution in [0.3, 0.4) is 0 Å². The van der Waals surface area contributed by atoms with Gasteiger partial charge in [-0.3, -0.25) is 14.5 Å². The molecular formula is C17H24N4O3. The normalized spacial score (nSPS) is 20.2. The number of hydrogen-bond acceptors (Lipinski definition) is 5. The summed E-state index contributed by atoms with van der Waals surface area (Å²) in [6, 6.07) is 3.49. The Bertz CT molecular complexity index is 653. The fraction of sp³-hybridized carbons (Fsp3) is 0.588. The molecule has 0 saturated heterocycles. The molecule has 7 heteroatoms. The minimum absolute atomic E-state index is 0.0778. The van der Waals surface area contributed by atoms with E-state index in [0.29, 0.717) is 11.6 Å². The summed E-state index contributed by atoms with van der Waals surface area (Å²) in [5.74, 6) is 0.565. The van der Waals surface area contributed by atoms with Crippen molar-refractivity contribution >= 4 is 23.5 Å². The number of nitrogens with zero attached hydrogens (tertiary/aromatic N) is 2. The van der Waals surface area contributed by atoms with Gasteiger partial charge in [0.2, 0.25) is 5.91 Å². The van der Waals surface area contributed by atoms with Crippen molar-refractivity contribution in [3.8, 4) is 5.75 Å². The number of nitrogens with one attached hydrogen (secondary N) is 1. The number of anilines is 2. The number of amides is 2. The molecule has 0 unspecified atom stereocenters. The van der Waals surface area contributed by atoms with Crippen LogP contribution in [0.15, 0.2) is 12.1 Å². The van der Waals surface area contributed by atoms with Gasteiger partial charge in [-0.15, -0.1) is 0 Å². The molecule has 24 heavy (non-hydrogen) atoms. The number of pyridine rings is 1. The molecule has 1 aliphatic heterocycles. The molecule has 2 amide bonds. The number of rotatable bonds is 3. The largest absolute Gasteiger partial charge is 0.474 e. The Balaban J connectivity index is 1.79. The fourth-order valence-corrected chi connectivity index (χ4v) is 3.27. The second-order valence-electron chi connectivity index (χ2n) is 6.96. The first kappa shape index (κ1) is 16.5. The molecule has 0 aromatic carbocycles. The monoisotopic (exact) mass is 332 g/mol. The van der Waals surface area contributed by atoms with Gasteiger partial charge >= 0.3 is 0 Å². The third-order valence-electron chi connectivity index (χ3n) is 4.51. The van der Waals surface area contributed by atoms with Gasteiger partial charge in [-0.2, -0.15) is 0 Å². The molecule has 1 fully saturated rings. The molecule has 0 radical (unpaired) electrons. The number of aromatic nitrogens is 1. The Morgan fingerprint density at radius 2 is 2.08 bits per heavy atom. The Morgan fingerprint density at radius 1 is 1.38 bits per heavy atom. The average molecular weight is 332 g/mol. The maximum absolute atomic E-state index is 12.7. The van der Waals surface area contributed by atoms with Crippen molar-refractivity contribution < 1.29 is 14.3 Å². The molecule has 130 valence electrons. The van der Waals surface area contributed by atoms with Crippen LogP contribution in [0.5, 0.6) is 5.75 Å². The van der Waals surface area contributed by atoms with Crippen LogP contribution in [0.2, 0.25) is 0 Å². The van der Waals surface area contributed by atoms with E-state index in [0.717, 1.165) is 25.7 Å². The lowest BCUT2D eigenvalue weighted by Gasteiger charge is -2.37. The number of ether oxygens (including phenoxy) is 1. The van der Waals surface area contributed by atoms with Crippen LogP contribution in [0.25, 0.3) is 0 Å². The third kappa shape index (κ3) is 3.29. The highest BCUT2D eigenvalue weighted by Crippen LogP contribution is 2.36. The van der Waals surface area contributed by atoms with E-state index >= 15 is 0 Å². The molecule has 7 nitrogen and oxygen atoms in total. The SMILES string of the molecule is CC1(C)Oc2ccc(N)nc2N(CC(=O)NC2CCCCC2)C1=O. The van der Waals surface area contributed by atoms with Crippen LogP contribution in [0, 0.1) is 0 Å². The highest BCUT2D eigenvalue weighted by molar-refractivity contribution is 6.05. The smallest absolute Gasteiger partial charge is 0.272 e. The van der Waals surface area contributed by atoms with E-state index < -0.39 is 5.60 Å². The summed E-state index contributed by atoms with van der Waals surface area (Å²) in [5, 5.41) is 3.03. The Morgan fingerprint density at radius 3 is 2.79 bits per heavy atom. The summed E-state index contributed by atoms with van der Waals surface area (Å²) < 4.78 is 5.71. The van der Waals surface area contributed by atoms with Crippen molar-refractivity contribution in [3.05, 3.63) is 12.1 Å². The number of carbonyl (C=O) groups excluding carboxylic acids is 2. The lowest BCUT2D eigenvalue weighted by Crippen LogP contribution is -2.55. The first-order valence-electron chi connectivity index (χ1n) is 8.44. The maximum atomic E-state index is 12.7. The van der Waals surface area contributed by atoms with Crippen LogP contribution in [-0.4, -0.2) is 35.0 Å². The topological polar surface area (TPSA) is 97.6 Å². The van der Waals surface area contributed by atoms with Gasteiger partial charge in [-0.1, -0.05) is 19.3 Å². The Labute approximate surface area is 141 Å². The van der Waals surface area contributed by atoms with Crippen LogP contribution in [0.4, 0.5) is 11.6 Å². The minimum atomic E-state index is -1.05. The standard InChI is InChI=1S/C17H24N4O3/c1-17(2)16(23)21(15-12(24-17)8-9-13(18)20-15)10-14(22)19-11-6-4-3-5-7-11/h8-9,11H,3-7,10H2,1-2H3,(H2,18,20)(H,19,22). The van der Waals surface area contributed by atoms with Crippen LogP contribution in [0.1, 0.15) is 46.0 Å². The Kier molecular flexibility index (Phi) is 4.34. The second kappa shape index (κ2) is 6.30. The predicted octanol–water partition coefficient (Wildman–Crippen LogP) is 1.62. The quantitative estimate of drug-likeness (QED) is 0.876. The molecule has 1 saturated carbocycles. The summed E-state index contributed by atoms with van der Waals surface area (Å²) in [7, 11) is 0. The van der Waals surface area contributed by atoms with E-state index in [2.05, 4.69) is 10.3 Å². The van der Waals surface area contributed by atoms with Gasteiger partial charge in [-0.05, 0) is 38.8 Å². The molecule has 3 N–H and O–H groups in total.